The quantitative estimate of drug-likeness (QED) is 0.573. The van der Waals surface area contributed by atoms with Crippen molar-refractivity contribution >= 4 is 12.0 Å². The van der Waals surface area contributed by atoms with Crippen LogP contribution in [0, 0.1) is 6.92 Å². The van der Waals surface area contributed by atoms with Gasteiger partial charge >= 0.3 is 5.97 Å². The third kappa shape index (κ3) is 4.43. The largest absolute Gasteiger partial charge is 0.466 e. The van der Waals surface area contributed by atoms with E-state index in [0.717, 1.165) is 12.0 Å². The molecule has 1 aromatic carbocycles. The Balaban J connectivity index is 2.75. The van der Waals surface area contributed by atoms with Crippen molar-refractivity contribution in [2.45, 2.75) is 33.1 Å². The summed E-state index contributed by atoms with van der Waals surface area (Å²) >= 11 is 0. The highest BCUT2D eigenvalue weighted by Gasteiger charge is 1.99. The van der Waals surface area contributed by atoms with Crippen LogP contribution < -0.4 is 0 Å². The van der Waals surface area contributed by atoms with Crippen LogP contribution in [0.25, 0.3) is 6.08 Å². The number of hydrogen-bond acceptors (Lipinski definition) is 2. The summed E-state index contributed by atoms with van der Waals surface area (Å²) in [5, 5.41) is 0. The van der Waals surface area contributed by atoms with Crippen molar-refractivity contribution < 1.29 is 9.53 Å². The van der Waals surface area contributed by atoms with Gasteiger partial charge in [-0.2, -0.15) is 0 Å². The number of unbranched alkanes of at least 4 members (excludes halogenated alkanes) is 1. The fraction of sp³-hybridized carbons (Fsp3) is 0.400. The fourth-order valence-corrected chi connectivity index (χ4v) is 1.69. The van der Waals surface area contributed by atoms with Gasteiger partial charge in [-0.3, -0.25) is 0 Å². The molecule has 0 unspecified atom stereocenters. The Bertz CT molecular complexity index is 405. The fourth-order valence-electron chi connectivity index (χ4n) is 1.69. The van der Waals surface area contributed by atoms with Gasteiger partial charge in [0.25, 0.3) is 0 Å². The Hall–Kier alpha value is -1.57. The maximum Gasteiger partial charge on any atom is 0.330 e. The minimum absolute atomic E-state index is 0.320. The first kappa shape index (κ1) is 13.5. The summed E-state index contributed by atoms with van der Waals surface area (Å²) in [5.74, 6) is -0.320. The topological polar surface area (TPSA) is 26.3 Å². The second kappa shape index (κ2) is 6.89. The Labute approximate surface area is 103 Å². The summed E-state index contributed by atoms with van der Waals surface area (Å²) in [5.41, 5.74) is 3.62. The van der Waals surface area contributed by atoms with Gasteiger partial charge in [-0.05, 0) is 42.5 Å². The van der Waals surface area contributed by atoms with Gasteiger partial charge in [0.1, 0.15) is 0 Å². The van der Waals surface area contributed by atoms with E-state index >= 15 is 0 Å². The zero-order valence-electron chi connectivity index (χ0n) is 10.8. The van der Waals surface area contributed by atoms with E-state index in [4.69, 9.17) is 0 Å². The van der Waals surface area contributed by atoms with Crippen LogP contribution in [0.2, 0.25) is 0 Å². The van der Waals surface area contributed by atoms with Crippen molar-refractivity contribution in [3.8, 4) is 0 Å². The monoisotopic (exact) mass is 232 g/mol. The van der Waals surface area contributed by atoms with Crippen molar-refractivity contribution in [1.29, 1.82) is 0 Å². The molecule has 0 aliphatic rings. The number of methoxy groups -OCH3 is 1. The predicted octanol–water partition coefficient (Wildman–Crippen LogP) is 3.52. The summed E-state index contributed by atoms with van der Waals surface area (Å²) in [4.78, 5) is 11.0. The molecular weight excluding hydrogens is 212 g/mol. The molecule has 0 spiro atoms. The van der Waals surface area contributed by atoms with Crippen LogP contribution in [0.1, 0.15) is 36.5 Å². The number of hydrogen-bond donors (Lipinski definition) is 0. The Morgan fingerprint density at radius 1 is 1.41 bits per heavy atom. The molecular formula is C15H20O2. The second-order valence-corrected chi connectivity index (χ2v) is 4.15. The standard InChI is InChI=1S/C15H20O2/c1-4-5-6-13-7-8-14(12(2)11-13)9-10-15(16)17-3/h7-11H,4-6H2,1-3H3/b10-9+. The lowest BCUT2D eigenvalue weighted by Crippen LogP contribution is -1.94. The Morgan fingerprint density at radius 3 is 2.76 bits per heavy atom. The highest BCUT2D eigenvalue weighted by atomic mass is 16.5. The van der Waals surface area contributed by atoms with E-state index in [9.17, 15) is 4.79 Å². The lowest BCUT2D eigenvalue weighted by Gasteiger charge is -2.05. The van der Waals surface area contributed by atoms with Crippen LogP contribution in [0.3, 0.4) is 0 Å². The number of rotatable bonds is 5. The van der Waals surface area contributed by atoms with Crippen LogP contribution in [0.15, 0.2) is 24.3 Å². The Kier molecular flexibility index (Phi) is 5.47. The molecule has 0 atom stereocenters. The minimum atomic E-state index is -0.320. The smallest absolute Gasteiger partial charge is 0.330 e. The van der Waals surface area contributed by atoms with Gasteiger partial charge in [0, 0.05) is 6.08 Å². The number of carbonyl (C=O) groups excluding carboxylic acids is 1. The molecule has 0 aromatic heterocycles. The van der Waals surface area contributed by atoms with Crippen molar-refractivity contribution in [3.05, 3.63) is 41.0 Å². The van der Waals surface area contributed by atoms with Gasteiger partial charge < -0.3 is 4.74 Å². The first-order valence-electron chi connectivity index (χ1n) is 6.03. The molecule has 2 heteroatoms. The zero-order valence-corrected chi connectivity index (χ0v) is 10.8. The van der Waals surface area contributed by atoms with Crippen molar-refractivity contribution in [3.63, 3.8) is 0 Å². The predicted molar refractivity (Wildman–Crippen MR) is 70.8 cm³/mol. The lowest BCUT2D eigenvalue weighted by molar-refractivity contribution is -0.134. The first-order valence-corrected chi connectivity index (χ1v) is 6.03. The summed E-state index contributed by atoms with van der Waals surface area (Å²) in [7, 11) is 1.38. The zero-order chi connectivity index (χ0) is 12.7. The van der Waals surface area contributed by atoms with E-state index < -0.39 is 0 Å². The van der Waals surface area contributed by atoms with Crippen LogP contribution in [-0.2, 0) is 16.0 Å². The highest BCUT2D eigenvalue weighted by Crippen LogP contribution is 2.14. The first-order chi connectivity index (χ1) is 8.17. The van der Waals surface area contributed by atoms with Crippen LogP contribution in [0.5, 0.6) is 0 Å². The maximum atomic E-state index is 11.0. The van der Waals surface area contributed by atoms with Crippen molar-refractivity contribution in [1.82, 2.24) is 0 Å². The van der Waals surface area contributed by atoms with Crippen LogP contribution >= 0.6 is 0 Å². The van der Waals surface area contributed by atoms with Crippen molar-refractivity contribution in [2.24, 2.45) is 0 Å². The van der Waals surface area contributed by atoms with E-state index in [1.54, 1.807) is 6.08 Å². The molecule has 92 valence electrons. The molecule has 2 nitrogen and oxygen atoms in total. The van der Waals surface area contributed by atoms with Gasteiger partial charge in [-0.1, -0.05) is 31.5 Å². The molecule has 1 rings (SSSR count). The number of ether oxygens (including phenoxy) is 1. The molecule has 0 aliphatic heterocycles. The molecule has 0 saturated heterocycles. The van der Waals surface area contributed by atoms with Gasteiger partial charge in [0.05, 0.1) is 7.11 Å². The minimum Gasteiger partial charge on any atom is -0.466 e. The van der Waals surface area contributed by atoms with E-state index in [1.807, 2.05) is 0 Å². The average molecular weight is 232 g/mol. The molecule has 0 bridgehead atoms. The third-order valence-electron chi connectivity index (χ3n) is 2.75. The van der Waals surface area contributed by atoms with E-state index in [1.165, 1.54) is 37.2 Å². The molecule has 0 N–H and O–H groups in total. The molecule has 0 fully saturated rings. The molecule has 0 heterocycles. The van der Waals surface area contributed by atoms with Gasteiger partial charge in [0.15, 0.2) is 0 Å². The highest BCUT2D eigenvalue weighted by molar-refractivity contribution is 5.87. The molecule has 0 amide bonds. The molecule has 17 heavy (non-hydrogen) atoms. The number of aryl methyl sites for hydroxylation is 2. The van der Waals surface area contributed by atoms with Crippen molar-refractivity contribution in [2.75, 3.05) is 7.11 Å². The van der Waals surface area contributed by atoms with E-state index in [2.05, 4.69) is 36.8 Å². The lowest BCUT2D eigenvalue weighted by atomic mass is 10.0. The molecule has 0 saturated carbocycles. The summed E-state index contributed by atoms with van der Waals surface area (Å²) in [6.45, 7) is 4.26. The summed E-state index contributed by atoms with van der Waals surface area (Å²) in [6.07, 6.45) is 6.80. The maximum absolute atomic E-state index is 11.0. The van der Waals surface area contributed by atoms with Gasteiger partial charge in [-0.15, -0.1) is 0 Å². The Morgan fingerprint density at radius 2 is 2.18 bits per heavy atom. The van der Waals surface area contributed by atoms with Crippen LogP contribution in [-0.4, -0.2) is 13.1 Å². The number of carbonyl (C=O) groups is 1. The SMILES string of the molecule is CCCCc1ccc(/C=C/C(=O)OC)c(C)c1. The normalized spacial score (nSPS) is 10.8. The molecule has 0 aliphatic carbocycles. The van der Waals surface area contributed by atoms with Gasteiger partial charge in [-0.25, -0.2) is 4.79 Å². The third-order valence-corrected chi connectivity index (χ3v) is 2.75. The molecule has 1 aromatic rings. The number of benzene rings is 1. The second-order valence-electron chi connectivity index (χ2n) is 4.15. The summed E-state index contributed by atoms with van der Waals surface area (Å²) < 4.78 is 4.56. The van der Waals surface area contributed by atoms with E-state index in [0.29, 0.717) is 0 Å². The van der Waals surface area contributed by atoms with Crippen LogP contribution in [0.4, 0.5) is 0 Å². The van der Waals surface area contributed by atoms with Gasteiger partial charge in [0.2, 0.25) is 0 Å². The van der Waals surface area contributed by atoms with E-state index in [-0.39, 0.29) is 5.97 Å². The summed E-state index contributed by atoms with van der Waals surface area (Å²) in [6, 6.07) is 6.37. The average Bonchev–Trinajstić information content (AvgIpc) is 2.34. The number of esters is 1. The molecule has 0 radical (unpaired) electrons.